The minimum atomic E-state index is 0.411. The Morgan fingerprint density at radius 1 is 1.11 bits per heavy atom. The molecule has 0 N–H and O–H groups in total. The standard InChI is InChI=1S/C17H23NO/c18-14-8-4-2-1-3-5-10-16-13-12-15-9-6-7-11-17(15)19-16/h6-7,9,11,16H,1-5,8,10,12-13H2. The number of nitrogens with zero attached hydrogens (tertiary/aromatic N) is 1. The van der Waals surface area contributed by atoms with Crippen LogP contribution in [0.2, 0.25) is 0 Å². The van der Waals surface area contributed by atoms with Crippen LogP contribution in [0, 0.1) is 11.3 Å². The summed E-state index contributed by atoms with van der Waals surface area (Å²) in [6.07, 6.45) is 10.6. The molecule has 2 rings (SSSR count). The zero-order chi connectivity index (χ0) is 13.3. The Labute approximate surface area is 116 Å². The first-order valence-electron chi connectivity index (χ1n) is 7.51. The Morgan fingerprint density at radius 3 is 2.79 bits per heavy atom. The second-order valence-electron chi connectivity index (χ2n) is 5.35. The van der Waals surface area contributed by atoms with Crippen molar-refractivity contribution in [3.63, 3.8) is 0 Å². The number of fused-ring (bicyclic) bond motifs is 1. The van der Waals surface area contributed by atoms with Crippen molar-refractivity contribution in [1.29, 1.82) is 5.26 Å². The number of hydrogen-bond donors (Lipinski definition) is 0. The van der Waals surface area contributed by atoms with E-state index in [-0.39, 0.29) is 0 Å². The molecular formula is C17H23NO. The normalized spacial score (nSPS) is 17.3. The molecule has 1 aliphatic rings. The molecule has 0 radical (unpaired) electrons. The van der Waals surface area contributed by atoms with Crippen LogP contribution in [0.15, 0.2) is 24.3 Å². The second kappa shape index (κ2) is 7.84. The lowest BCUT2D eigenvalue weighted by molar-refractivity contribution is 0.160. The van der Waals surface area contributed by atoms with E-state index in [2.05, 4.69) is 30.3 Å². The third-order valence-electron chi connectivity index (χ3n) is 3.82. The van der Waals surface area contributed by atoms with E-state index in [4.69, 9.17) is 10.00 Å². The molecule has 2 heteroatoms. The number of aryl methyl sites for hydroxylation is 1. The van der Waals surface area contributed by atoms with Crippen LogP contribution >= 0.6 is 0 Å². The zero-order valence-corrected chi connectivity index (χ0v) is 11.6. The molecule has 0 aliphatic carbocycles. The van der Waals surface area contributed by atoms with Crippen LogP contribution in [-0.4, -0.2) is 6.10 Å². The molecule has 0 bridgehead atoms. The third kappa shape index (κ3) is 4.59. The Hall–Kier alpha value is -1.49. The average molecular weight is 257 g/mol. The number of nitriles is 1. The van der Waals surface area contributed by atoms with Crippen LogP contribution in [0.25, 0.3) is 0 Å². The van der Waals surface area contributed by atoms with Gasteiger partial charge in [-0.25, -0.2) is 0 Å². The quantitative estimate of drug-likeness (QED) is 0.667. The molecule has 1 atom stereocenters. The summed E-state index contributed by atoms with van der Waals surface area (Å²) in [5.41, 5.74) is 1.36. The maximum atomic E-state index is 8.45. The first-order valence-corrected chi connectivity index (χ1v) is 7.51. The smallest absolute Gasteiger partial charge is 0.122 e. The van der Waals surface area contributed by atoms with Crippen molar-refractivity contribution in [2.75, 3.05) is 0 Å². The summed E-state index contributed by atoms with van der Waals surface area (Å²) < 4.78 is 6.03. The Bertz CT molecular complexity index is 422. The highest BCUT2D eigenvalue weighted by Crippen LogP contribution is 2.28. The minimum Gasteiger partial charge on any atom is -0.490 e. The van der Waals surface area contributed by atoms with Crippen molar-refractivity contribution < 1.29 is 4.74 Å². The third-order valence-corrected chi connectivity index (χ3v) is 3.82. The predicted molar refractivity (Wildman–Crippen MR) is 77.1 cm³/mol. The highest BCUT2D eigenvalue weighted by Gasteiger charge is 2.18. The fourth-order valence-electron chi connectivity index (χ4n) is 2.69. The van der Waals surface area contributed by atoms with Crippen LogP contribution in [-0.2, 0) is 6.42 Å². The summed E-state index contributed by atoms with van der Waals surface area (Å²) in [6.45, 7) is 0. The van der Waals surface area contributed by atoms with Gasteiger partial charge in [0.05, 0.1) is 12.2 Å². The molecule has 0 saturated carbocycles. The van der Waals surface area contributed by atoms with Crippen molar-refractivity contribution in [2.45, 2.75) is 63.9 Å². The molecular weight excluding hydrogens is 234 g/mol. The van der Waals surface area contributed by atoms with Gasteiger partial charge in [-0.1, -0.05) is 37.5 Å². The van der Waals surface area contributed by atoms with Gasteiger partial charge in [0.15, 0.2) is 0 Å². The lowest BCUT2D eigenvalue weighted by atomic mass is 9.98. The van der Waals surface area contributed by atoms with Crippen LogP contribution in [0.1, 0.15) is 56.9 Å². The first kappa shape index (κ1) is 13.9. The highest BCUT2D eigenvalue weighted by molar-refractivity contribution is 5.35. The summed E-state index contributed by atoms with van der Waals surface area (Å²) in [5, 5.41) is 8.45. The van der Waals surface area contributed by atoms with Gasteiger partial charge in [-0.05, 0) is 43.7 Å². The lowest BCUT2D eigenvalue weighted by Gasteiger charge is -2.26. The Balaban J connectivity index is 1.60. The van der Waals surface area contributed by atoms with Crippen LogP contribution in [0.3, 0.4) is 0 Å². The Kier molecular flexibility index (Phi) is 5.75. The van der Waals surface area contributed by atoms with Crippen molar-refractivity contribution >= 4 is 0 Å². The molecule has 1 aliphatic heterocycles. The van der Waals surface area contributed by atoms with E-state index in [0.29, 0.717) is 12.5 Å². The molecule has 1 aromatic rings. The number of hydrogen-bond acceptors (Lipinski definition) is 2. The minimum absolute atomic E-state index is 0.411. The summed E-state index contributed by atoms with van der Waals surface area (Å²) in [5.74, 6) is 1.09. The van der Waals surface area contributed by atoms with Gasteiger partial charge in [-0.2, -0.15) is 5.26 Å². The maximum Gasteiger partial charge on any atom is 0.122 e. The number of unbranched alkanes of at least 4 members (excludes halogenated alkanes) is 5. The lowest BCUT2D eigenvalue weighted by Crippen LogP contribution is -2.22. The van der Waals surface area contributed by atoms with Gasteiger partial charge >= 0.3 is 0 Å². The van der Waals surface area contributed by atoms with Crippen molar-refractivity contribution in [1.82, 2.24) is 0 Å². The van der Waals surface area contributed by atoms with Crippen molar-refractivity contribution in [2.24, 2.45) is 0 Å². The monoisotopic (exact) mass is 257 g/mol. The van der Waals surface area contributed by atoms with Gasteiger partial charge in [0.2, 0.25) is 0 Å². The van der Waals surface area contributed by atoms with Crippen LogP contribution < -0.4 is 4.74 Å². The second-order valence-corrected chi connectivity index (χ2v) is 5.35. The van der Waals surface area contributed by atoms with Gasteiger partial charge in [0, 0.05) is 6.42 Å². The molecule has 0 saturated heterocycles. The SMILES string of the molecule is N#CCCCCCCCC1CCc2ccccc2O1. The molecule has 0 spiro atoms. The summed E-state index contributed by atoms with van der Waals surface area (Å²) in [7, 11) is 0. The number of rotatable bonds is 7. The number of ether oxygens (including phenoxy) is 1. The fourth-order valence-corrected chi connectivity index (χ4v) is 2.69. The molecule has 1 unspecified atom stereocenters. The molecule has 102 valence electrons. The average Bonchev–Trinajstić information content (AvgIpc) is 2.46. The fraction of sp³-hybridized carbons (Fsp3) is 0.588. The van der Waals surface area contributed by atoms with Gasteiger partial charge in [-0.3, -0.25) is 0 Å². The summed E-state index contributed by atoms with van der Waals surface area (Å²) in [6, 6.07) is 10.6. The molecule has 0 aromatic heterocycles. The molecule has 1 aromatic carbocycles. The summed E-state index contributed by atoms with van der Waals surface area (Å²) in [4.78, 5) is 0. The Morgan fingerprint density at radius 2 is 1.89 bits per heavy atom. The van der Waals surface area contributed by atoms with Crippen LogP contribution in [0.5, 0.6) is 5.75 Å². The van der Waals surface area contributed by atoms with E-state index < -0.39 is 0 Å². The van der Waals surface area contributed by atoms with Crippen molar-refractivity contribution in [3.8, 4) is 11.8 Å². The van der Waals surface area contributed by atoms with Gasteiger partial charge in [0.25, 0.3) is 0 Å². The topological polar surface area (TPSA) is 33.0 Å². The van der Waals surface area contributed by atoms with E-state index in [9.17, 15) is 0 Å². The van der Waals surface area contributed by atoms with Gasteiger partial charge < -0.3 is 4.74 Å². The molecule has 19 heavy (non-hydrogen) atoms. The number of benzene rings is 1. The van der Waals surface area contributed by atoms with Crippen LogP contribution in [0.4, 0.5) is 0 Å². The zero-order valence-electron chi connectivity index (χ0n) is 11.6. The van der Waals surface area contributed by atoms with E-state index in [1.807, 2.05) is 0 Å². The molecule has 1 heterocycles. The molecule has 0 amide bonds. The summed E-state index contributed by atoms with van der Waals surface area (Å²) >= 11 is 0. The van der Waals surface area contributed by atoms with E-state index in [1.165, 1.54) is 37.7 Å². The van der Waals surface area contributed by atoms with E-state index in [0.717, 1.165) is 25.0 Å². The number of para-hydroxylation sites is 1. The maximum absolute atomic E-state index is 8.45. The van der Waals surface area contributed by atoms with E-state index in [1.54, 1.807) is 0 Å². The molecule has 0 fully saturated rings. The molecule has 2 nitrogen and oxygen atoms in total. The van der Waals surface area contributed by atoms with E-state index >= 15 is 0 Å². The first-order chi connectivity index (χ1) is 9.40. The highest BCUT2D eigenvalue weighted by atomic mass is 16.5. The van der Waals surface area contributed by atoms with Gasteiger partial charge in [-0.15, -0.1) is 0 Å². The van der Waals surface area contributed by atoms with Crippen molar-refractivity contribution in [3.05, 3.63) is 29.8 Å². The largest absolute Gasteiger partial charge is 0.490 e. The van der Waals surface area contributed by atoms with Gasteiger partial charge in [0.1, 0.15) is 5.75 Å². The predicted octanol–water partition coefficient (Wildman–Crippen LogP) is 4.63.